The maximum atomic E-state index is 12.4. The van der Waals surface area contributed by atoms with E-state index in [1.807, 2.05) is 0 Å². The molecule has 0 radical (unpaired) electrons. The Balaban J connectivity index is 1.92. The molecule has 1 aromatic rings. The number of Topliss-reactive ketones (excluding diaryl/α,β-unsaturated/α-hetero) is 1. The fourth-order valence-electron chi connectivity index (χ4n) is 2.48. The molecule has 0 unspecified atom stereocenters. The zero-order chi connectivity index (χ0) is 19.9. The van der Waals surface area contributed by atoms with Gasteiger partial charge in [0.15, 0.2) is 12.4 Å². The van der Waals surface area contributed by atoms with Crippen LogP contribution < -0.4 is 0 Å². The summed E-state index contributed by atoms with van der Waals surface area (Å²) in [6.45, 7) is 2.28. The van der Waals surface area contributed by atoms with Crippen molar-refractivity contribution in [3.63, 3.8) is 0 Å². The molecule has 0 amide bonds. The van der Waals surface area contributed by atoms with Crippen LogP contribution in [0.15, 0.2) is 41.3 Å². The van der Waals surface area contributed by atoms with Crippen LogP contribution in [0.3, 0.4) is 0 Å². The maximum Gasteiger partial charge on any atom is 0.331 e. The van der Waals surface area contributed by atoms with Crippen LogP contribution in [0.1, 0.15) is 30.1 Å². The van der Waals surface area contributed by atoms with Crippen LogP contribution in [0.5, 0.6) is 0 Å². The Morgan fingerprint density at radius 3 is 2.11 bits per heavy atom. The van der Waals surface area contributed by atoms with Crippen LogP contribution in [-0.4, -0.2) is 56.7 Å². The summed E-state index contributed by atoms with van der Waals surface area (Å²) in [5.41, 5.74) is 0.220. The quantitative estimate of drug-likeness (QED) is 0.371. The van der Waals surface area contributed by atoms with Crippen LogP contribution in [0, 0.1) is 0 Å². The van der Waals surface area contributed by atoms with Gasteiger partial charge in [-0.15, -0.1) is 0 Å². The van der Waals surface area contributed by atoms with Gasteiger partial charge in [-0.1, -0.05) is 0 Å². The summed E-state index contributed by atoms with van der Waals surface area (Å²) in [6.07, 6.45) is 3.46. The number of rotatable bonds is 8. The number of hydrogen-bond donors (Lipinski definition) is 0. The number of hydrogen-bond acceptors (Lipinski definition) is 7. The number of carbonyl (C=O) groups excluding carboxylic acids is 3. The van der Waals surface area contributed by atoms with Crippen molar-refractivity contribution in [2.45, 2.75) is 24.7 Å². The fourth-order valence-corrected chi connectivity index (χ4v) is 4.00. The van der Waals surface area contributed by atoms with Gasteiger partial charge in [-0.25, -0.2) is 18.0 Å². The van der Waals surface area contributed by atoms with E-state index in [9.17, 15) is 22.8 Å². The topological polar surface area (TPSA) is 107 Å². The lowest BCUT2D eigenvalue weighted by Crippen LogP contribution is -2.27. The molecule has 8 nitrogen and oxygen atoms in total. The Morgan fingerprint density at radius 1 is 1.00 bits per heavy atom. The predicted molar refractivity (Wildman–Crippen MR) is 95.5 cm³/mol. The normalized spacial score (nSPS) is 15.0. The van der Waals surface area contributed by atoms with E-state index in [1.165, 1.54) is 28.6 Å². The third-order valence-corrected chi connectivity index (χ3v) is 5.78. The number of carbonyl (C=O) groups is 3. The molecule has 27 heavy (non-hydrogen) atoms. The van der Waals surface area contributed by atoms with E-state index in [2.05, 4.69) is 4.74 Å². The summed E-state index contributed by atoms with van der Waals surface area (Å²) in [5, 5.41) is 0. The summed E-state index contributed by atoms with van der Waals surface area (Å²) >= 11 is 0. The molecule has 1 aromatic carbocycles. The molecular formula is C18H21NO7S. The minimum atomic E-state index is -3.54. The van der Waals surface area contributed by atoms with E-state index >= 15 is 0 Å². The van der Waals surface area contributed by atoms with E-state index in [0.29, 0.717) is 13.1 Å². The Hall–Kier alpha value is -2.52. The highest BCUT2D eigenvalue weighted by Gasteiger charge is 2.27. The standard InChI is InChI=1S/C18H21NO7S/c1-2-25-17(21)9-10-18(22)26-13-16(20)14-5-7-15(8-6-14)27(23,24)19-11-3-4-12-19/h5-10H,2-4,11-13H2,1H3/b10-9+. The van der Waals surface area contributed by atoms with Gasteiger partial charge in [0.05, 0.1) is 11.5 Å². The highest BCUT2D eigenvalue weighted by atomic mass is 32.2. The van der Waals surface area contributed by atoms with Gasteiger partial charge in [0.2, 0.25) is 10.0 Å². The SMILES string of the molecule is CCOC(=O)/C=C/C(=O)OCC(=O)c1ccc(S(=O)(=O)N2CCCC2)cc1. The van der Waals surface area contributed by atoms with Crippen LogP contribution >= 0.6 is 0 Å². The Kier molecular flexibility index (Phi) is 7.26. The molecule has 1 aliphatic rings. The molecule has 0 N–H and O–H groups in total. The molecule has 0 spiro atoms. The smallest absolute Gasteiger partial charge is 0.331 e. The molecule has 2 rings (SSSR count). The summed E-state index contributed by atoms with van der Waals surface area (Å²) < 4.78 is 35.6. The molecule has 1 saturated heterocycles. The third-order valence-electron chi connectivity index (χ3n) is 3.87. The lowest BCUT2D eigenvalue weighted by Gasteiger charge is -2.15. The molecule has 0 aliphatic carbocycles. The minimum Gasteiger partial charge on any atom is -0.463 e. The van der Waals surface area contributed by atoms with Gasteiger partial charge in [-0.3, -0.25) is 4.79 Å². The second-order valence-electron chi connectivity index (χ2n) is 5.75. The number of ketones is 1. The van der Waals surface area contributed by atoms with Gasteiger partial charge < -0.3 is 9.47 Å². The minimum absolute atomic E-state index is 0.121. The first-order valence-electron chi connectivity index (χ1n) is 8.49. The molecule has 0 saturated carbocycles. The molecule has 0 atom stereocenters. The number of nitrogens with zero attached hydrogens (tertiary/aromatic N) is 1. The second-order valence-corrected chi connectivity index (χ2v) is 7.69. The van der Waals surface area contributed by atoms with Gasteiger partial charge >= 0.3 is 11.9 Å². The van der Waals surface area contributed by atoms with E-state index in [4.69, 9.17) is 4.74 Å². The molecule has 1 heterocycles. The predicted octanol–water partition coefficient (Wildman–Crippen LogP) is 1.32. The van der Waals surface area contributed by atoms with Crippen molar-refractivity contribution >= 4 is 27.7 Å². The molecule has 1 fully saturated rings. The van der Waals surface area contributed by atoms with Crippen molar-refractivity contribution < 1.29 is 32.3 Å². The first kappa shape index (κ1) is 20.8. The fraction of sp³-hybridized carbons (Fsp3) is 0.389. The lowest BCUT2D eigenvalue weighted by atomic mass is 10.1. The monoisotopic (exact) mass is 395 g/mol. The third kappa shape index (κ3) is 5.73. The molecule has 1 aliphatic heterocycles. The number of benzene rings is 1. The van der Waals surface area contributed by atoms with Gasteiger partial charge in [-0.2, -0.15) is 4.31 Å². The average molecular weight is 395 g/mol. The molecule has 0 aromatic heterocycles. The summed E-state index contributed by atoms with van der Waals surface area (Å²) in [5.74, 6) is -2.03. The largest absolute Gasteiger partial charge is 0.463 e. The second kappa shape index (κ2) is 9.43. The van der Waals surface area contributed by atoms with Crippen LogP contribution in [0.2, 0.25) is 0 Å². The molecule has 9 heteroatoms. The van der Waals surface area contributed by atoms with Gasteiger partial charge in [-0.05, 0) is 44.0 Å². The van der Waals surface area contributed by atoms with Crippen molar-refractivity contribution in [3.8, 4) is 0 Å². The van der Waals surface area contributed by atoms with E-state index in [-0.39, 0.29) is 17.1 Å². The number of ether oxygens (including phenoxy) is 2. The number of sulfonamides is 1. The summed E-state index contributed by atoms with van der Waals surface area (Å²) in [4.78, 5) is 34.7. The lowest BCUT2D eigenvalue weighted by molar-refractivity contribution is -0.139. The van der Waals surface area contributed by atoms with Crippen LogP contribution in [0.4, 0.5) is 0 Å². The molecular weight excluding hydrogens is 374 g/mol. The van der Waals surface area contributed by atoms with Crippen molar-refractivity contribution in [2.75, 3.05) is 26.3 Å². The highest BCUT2D eigenvalue weighted by molar-refractivity contribution is 7.89. The average Bonchev–Trinajstić information content (AvgIpc) is 3.20. The molecule has 146 valence electrons. The van der Waals surface area contributed by atoms with Crippen molar-refractivity contribution in [1.82, 2.24) is 4.31 Å². The van der Waals surface area contributed by atoms with E-state index in [1.54, 1.807) is 6.92 Å². The van der Waals surface area contributed by atoms with Crippen molar-refractivity contribution in [3.05, 3.63) is 42.0 Å². The first-order chi connectivity index (χ1) is 12.8. The van der Waals surface area contributed by atoms with Crippen molar-refractivity contribution in [1.29, 1.82) is 0 Å². The summed E-state index contributed by atoms with van der Waals surface area (Å²) in [7, 11) is -3.54. The van der Waals surface area contributed by atoms with Crippen LogP contribution in [-0.2, 0) is 29.1 Å². The zero-order valence-electron chi connectivity index (χ0n) is 14.9. The highest BCUT2D eigenvalue weighted by Crippen LogP contribution is 2.21. The van der Waals surface area contributed by atoms with Gasteiger partial charge in [0.25, 0.3) is 0 Å². The van der Waals surface area contributed by atoms with E-state index in [0.717, 1.165) is 25.0 Å². The van der Waals surface area contributed by atoms with Gasteiger partial charge in [0.1, 0.15) is 0 Å². The number of esters is 2. The Bertz CT molecular complexity index is 822. The Morgan fingerprint density at radius 2 is 1.56 bits per heavy atom. The molecule has 0 bridgehead atoms. The van der Waals surface area contributed by atoms with E-state index < -0.39 is 34.4 Å². The van der Waals surface area contributed by atoms with Gasteiger partial charge in [0, 0.05) is 30.8 Å². The van der Waals surface area contributed by atoms with Crippen molar-refractivity contribution in [2.24, 2.45) is 0 Å². The summed E-state index contributed by atoms with van der Waals surface area (Å²) in [6, 6.07) is 5.49. The van der Waals surface area contributed by atoms with Crippen LogP contribution in [0.25, 0.3) is 0 Å². The maximum absolute atomic E-state index is 12.4. The first-order valence-corrected chi connectivity index (χ1v) is 9.93. The zero-order valence-corrected chi connectivity index (χ0v) is 15.7. The Labute approximate surface area is 157 Å².